The molecule has 0 bridgehead atoms. The first-order valence-electron chi connectivity index (χ1n) is 7.07. The molecule has 0 saturated heterocycles. The predicted octanol–water partition coefficient (Wildman–Crippen LogP) is 2.30. The van der Waals surface area contributed by atoms with E-state index in [0.717, 1.165) is 0 Å². The van der Waals surface area contributed by atoms with Crippen molar-refractivity contribution in [1.82, 2.24) is 0 Å². The van der Waals surface area contributed by atoms with Crippen LogP contribution in [-0.2, 0) is 10.0 Å². The third-order valence-electron chi connectivity index (χ3n) is 4.11. The van der Waals surface area contributed by atoms with Crippen LogP contribution in [0.15, 0.2) is 23.1 Å². The zero-order chi connectivity index (χ0) is 14.8. The molecule has 1 aromatic rings. The molecule has 20 heavy (non-hydrogen) atoms. The highest BCUT2D eigenvalue weighted by Gasteiger charge is 2.21. The first-order chi connectivity index (χ1) is 9.39. The van der Waals surface area contributed by atoms with Crippen molar-refractivity contribution < 1.29 is 8.42 Å². The topological polar surface area (TPSA) is 98.2 Å². The number of para-hydroxylation sites is 1. The molecule has 0 aliphatic heterocycles. The number of nitrogen functional groups attached to an aromatic ring is 1. The van der Waals surface area contributed by atoms with E-state index in [9.17, 15) is 8.42 Å². The molecule has 0 spiro atoms. The average Bonchev–Trinajstić information content (AvgIpc) is 2.40. The van der Waals surface area contributed by atoms with Crippen molar-refractivity contribution in [3.05, 3.63) is 18.2 Å². The van der Waals surface area contributed by atoms with Gasteiger partial charge >= 0.3 is 0 Å². The third-order valence-corrected chi connectivity index (χ3v) is 5.08. The Labute approximate surface area is 120 Å². The number of nitrogens with two attached hydrogens (primary N) is 2. The molecule has 1 fully saturated rings. The Morgan fingerprint density at radius 2 is 1.90 bits per heavy atom. The molecule has 1 aliphatic carbocycles. The second-order valence-electron chi connectivity index (χ2n) is 5.59. The maximum absolute atomic E-state index is 11.5. The lowest BCUT2D eigenvalue weighted by atomic mass is 9.84. The summed E-state index contributed by atoms with van der Waals surface area (Å²) >= 11 is 0. The fourth-order valence-corrected chi connectivity index (χ4v) is 3.60. The Balaban J connectivity index is 2.17. The Morgan fingerprint density at radius 3 is 2.50 bits per heavy atom. The molecule has 1 aromatic carbocycles. The van der Waals surface area contributed by atoms with E-state index in [0.29, 0.717) is 11.6 Å². The number of sulfonamides is 1. The van der Waals surface area contributed by atoms with Gasteiger partial charge in [0.1, 0.15) is 4.90 Å². The smallest absolute Gasteiger partial charge is 0.240 e. The van der Waals surface area contributed by atoms with Crippen molar-refractivity contribution in [2.24, 2.45) is 11.1 Å². The number of rotatable bonds is 4. The number of anilines is 2. The highest BCUT2D eigenvalue weighted by molar-refractivity contribution is 7.89. The van der Waals surface area contributed by atoms with Gasteiger partial charge in [0.05, 0.1) is 11.4 Å². The van der Waals surface area contributed by atoms with Crippen molar-refractivity contribution in [2.45, 2.75) is 50.0 Å². The van der Waals surface area contributed by atoms with Gasteiger partial charge in [-0.15, -0.1) is 0 Å². The summed E-state index contributed by atoms with van der Waals surface area (Å²) < 4.78 is 22.9. The summed E-state index contributed by atoms with van der Waals surface area (Å²) in [6, 6.07) is 5.16. The van der Waals surface area contributed by atoms with E-state index in [-0.39, 0.29) is 16.6 Å². The molecule has 0 aromatic heterocycles. The van der Waals surface area contributed by atoms with Crippen LogP contribution in [0.5, 0.6) is 0 Å². The van der Waals surface area contributed by atoms with Gasteiger partial charge in [-0.2, -0.15) is 0 Å². The van der Waals surface area contributed by atoms with Crippen LogP contribution < -0.4 is 16.2 Å². The molecular formula is C14H23N3O2S. The van der Waals surface area contributed by atoms with E-state index in [1.807, 2.05) is 0 Å². The molecule has 1 unspecified atom stereocenters. The monoisotopic (exact) mass is 297 g/mol. The quantitative estimate of drug-likeness (QED) is 0.743. The first kappa shape index (κ1) is 15.1. The van der Waals surface area contributed by atoms with Crippen molar-refractivity contribution in [3.63, 3.8) is 0 Å². The lowest BCUT2D eigenvalue weighted by Crippen LogP contribution is -2.28. The lowest BCUT2D eigenvalue weighted by molar-refractivity contribution is 0.328. The predicted molar refractivity (Wildman–Crippen MR) is 81.9 cm³/mol. The van der Waals surface area contributed by atoms with E-state index < -0.39 is 10.0 Å². The number of hydrogen-bond donors (Lipinski definition) is 3. The van der Waals surface area contributed by atoms with Crippen LogP contribution in [0.4, 0.5) is 11.4 Å². The molecule has 112 valence electrons. The summed E-state index contributed by atoms with van der Waals surface area (Å²) in [7, 11) is -3.78. The zero-order valence-electron chi connectivity index (χ0n) is 11.8. The molecule has 1 saturated carbocycles. The van der Waals surface area contributed by atoms with Gasteiger partial charge < -0.3 is 11.1 Å². The van der Waals surface area contributed by atoms with Crippen LogP contribution in [0.3, 0.4) is 0 Å². The first-order valence-corrected chi connectivity index (χ1v) is 8.62. The van der Waals surface area contributed by atoms with Gasteiger partial charge in [0, 0.05) is 6.04 Å². The minimum atomic E-state index is -3.78. The van der Waals surface area contributed by atoms with Crippen LogP contribution in [0, 0.1) is 5.92 Å². The molecule has 2 rings (SSSR count). The van der Waals surface area contributed by atoms with Crippen molar-refractivity contribution in [2.75, 3.05) is 11.1 Å². The average molecular weight is 297 g/mol. The zero-order valence-corrected chi connectivity index (χ0v) is 12.6. The molecule has 0 radical (unpaired) electrons. The van der Waals surface area contributed by atoms with Crippen LogP contribution in [0.25, 0.3) is 0 Å². The molecule has 5 nitrogen and oxygen atoms in total. The Bertz CT molecular complexity index is 566. The Hall–Kier alpha value is -1.27. The minimum absolute atomic E-state index is 0.0154. The maximum atomic E-state index is 11.5. The largest absolute Gasteiger partial charge is 0.396 e. The highest BCUT2D eigenvalue weighted by Crippen LogP contribution is 2.31. The van der Waals surface area contributed by atoms with Gasteiger partial charge in [0.2, 0.25) is 10.0 Å². The Kier molecular flexibility index (Phi) is 4.55. The van der Waals surface area contributed by atoms with Crippen LogP contribution in [-0.4, -0.2) is 14.5 Å². The van der Waals surface area contributed by atoms with E-state index in [4.69, 9.17) is 10.9 Å². The fraction of sp³-hybridized carbons (Fsp3) is 0.571. The number of benzene rings is 1. The van der Waals surface area contributed by atoms with Gasteiger partial charge in [-0.25, -0.2) is 13.6 Å². The lowest BCUT2D eigenvalue weighted by Gasteiger charge is -2.29. The van der Waals surface area contributed by atoms with Crippen LogP contribution >= 0.6 is 0 Å². The van der Waals surface area contributed by atoms with E-state index >= 15 is 0 Å². The summed E-state index contributed by atoms with van der Waals surface area (Å²) in [4.78, 5) is -0.0154. The normalized spacial score (nSPS) is 18.7. The van der Waals surface area contributed by atoms with Gasteiger partial charge in [0.25, 0.3) is 0 Å². The van der Waals surface area contributed by atoms with E-state index in [2.05, 4.69) is 12.2 Å². The van der Waals surface area contributed by atoms with Crippen LogP contribution in [0.1, 0.15) is 39.0 Å². The van der Waals surface area contributed by atoms with Crippen molar-refractivity contribution in [1.29, 1.82) is 0 Å². The summed E-state index contributed by atoms with van der Waals surface area (Å²) in [6.07, 6.45) is 6.27. The van der Waals surface area contributed by atoms with Gasteiger partial charge in [0.15, 0.2) is 0 Å². The summed E-state index contributed by atoms with van der Waals surface area (Å²) in [6.45, 7) is 2.12. The van der Waals surface area contributed by atoms with Gasteiger partial charge in [-0.05, 0) is 37.8 Å². The molecular weight excluding hydrogens is 274 g/mol. The maximum Gasteiger partial charge on any atom is 0.240 e. The fourth-order valence-electron chi connectivity index (χ4n) is 2.92. The second kappa shape index (κ2) is 6.01. The molecule has 6 heteroatoms. The van der Waals surface area contributed by atoms with Crippen molar-refractivity contribution in [3.8, 4) is 0 Å². The Morgan fingerprint density at radius 1 is 1.25 bits per heavy atom. The van der Waals surface area contributed by atoms with Gasteiger partial charge in [-0.3, -0.25) is 0 Å². The molecule has 1 atom stereocenters. The highest BCUT2D eigenvalue weighted by atomic mass is 32.2. The SMILES string of the molecule is CC(Nc1cccc(S(N)(=O)=O)c1N)C1CCCCC1. The molecule has 5 N–H and O–H groups in total. The minimum Gasteiger partial charge on any atom is -0.396 e. The van der Waals surface area contributed by atoms with Crippen molar-refractivity contribution >= 4 is 21.4 Å². The number of primary sulfonamides is 1. The van der Waals surface area contributed by atoms with Gasteiger partial charge in [-0.1, -0.05) is 25.3 Å². The molecule has 0 amide bonds. The van der Waals surface area contributed by atoms with E-state index in [1.54, 1.807) is 12.1 Å². The summed E-state index contributed by atoms with van der Waals surface area (Å²) in [5.41, 5.74) is 6.78. The van der Waals surface area contributed by atoms with E-state index in [1.165, 1.54) is 38.2 Å². The molecule has 0 heterocycles. The standard InChI is InChI=1S/C14H23N3O2S/c1-10(11-6-3-2-4-7-11)17-12-8-5-9-13(14(12)15)20(16,18)19/h5,8-11,17H,2-4,6-7,15H2,1H3,(H2,16,18,19). The third kappa shape index (κ3) is 3.43. The number of hydrogen-bond acceptors (Lipinski definition) is 4. The van der Waals surface area contributed by atoms with Crippen LogP contribution in [0.2, 0.25) is 0 Å². The second-order valence-corrected chi connectivity index (χ2v) is 7.12. The summed E-state index contributed by atoms with van der Waals surface area (Å²) in [5.74, 6) is 0.612. The summed E-state index contributed by atoms with van der Waals surface area (Å²) in [5, 5.41) is 8.51. The molecule has 1 aliphatic rings. The number of nitrogens with one attached hydrogen (secondary N) is 1.